The van der Waals surface area contributed by atoms with Crippen LogP contribution in [0.3, 0.4) is 0 Å². The van der Waals surface area contributed by atoms with Crippen LogP contribution in [0.1, 0.15) is 31.2 Å². The highest BCUT2D eigenvalue weighted by Gasteiger charge is 2.21. The summed E-state index contributed by atoms with van der Waals surface area (Å²) in [5.41, 5.74) is 1.24. The predicted octanol–water partition coefficient (Wildman–Crippen LogP) is 3.22. The summed E-state index contributed by atoms with van der Waals surface area (Å²) in [5.74, 6) is 1.83. The number of piperidine rings is 1. The van der Waals surface area contributed by atoms with Crippen LogP contribution < -0.4 is 5.32 Å². The maximum atomic E-state index is 6.28. The third-order valence-electron chi connectivity index (χ3n) is 5.23. The number of likely N-dealkylation sites (tertiary alicyclic amines) is 2. The first-order chi connectivity index (χ1) is 11.8. The van der Waals surface area contributed by atoms with Gasteiger partial charge >= 0.3 is 0 Å². The minimum Gasteiger partial charge on any atom is -0.356 e. The topological polar surface area (TPSA) is 30.9 Å². The molecule has 2 aliphatic rings. The van der Waals surface area contributed by atoms with E-state index >= 15 is 0 Å². The van der Waals surface area contributed by atoms with Crippen molar-refractivity contribution in [2.75, 3.05) is 39.8 Å². The zero-order chi connectivity index (χ0) is 16.8. The molecule has 5 heteroatoms. The molecule has 3 rings (SSSR count). The maximum Gasteiger partial charge on any atom is 0.193 e. The SMILES string of the molecule is CN=C(NCC1CCN(Cc2ccccc2Cl)CC1)N1CCCC1. The fourth-order valence-corrected chi connectivity index (χ4v) is 3.91. The predicted molar refractivity (Wildman–Crippen MR) is 102 cm³/mol. The largest absolute Gasteiger partial charge is 0.356 e. The van der Waals surface area contributed by atoms with Gasteiger partial charge in [0.15, 0.2) is 5.96 Å². The number of aliphatic imine (C=N–C) groups is 1. The van der Waals surface area contributed by atoms with Crippen molar-refractivity contribution in [2.45, 2.75) is 32.2 Å². The lowest BCUT2D eigenvalue weighted by atomic mass is 9.96. The molecule has 0 unspecified atom stereocenters. The highest BCUT2D eigenvalue weighted by Crippen LogP contribution is 2.22. The van der Waals surface area contributed by atoms with Gasteiger partial charge in [-0.3, -0.25) is 9.89 Å². The number of halogens is 1. The van der Waals surface area contributed by atoms with Gasteiger partial charge in [0.2, 0.25) is 0 Å². The lowest BCUT2D eigenvalue weighted by molar-refractivity contribution is 0.177. The van der Waals surface area contributed by atoms with Crippen molar-refractivity contribution in [3.8, 4) is 0 Å². The van der Waals surface area contributed by atoms with E-state index in [2.05, 4.69) is 32.2 Å². The molecule has 4 nitrogen and oxygen atoms in total. The minimum atomic E-state index is 0.742. The molecule has 1 N–H and O–H groups in total. The van der Waals surface area contributed by atoms with Crippen LogP contribution in [0.4, 0.5) is 0 Å². The molecule has 0 atom stereocenters. The van der Waals surface area contributed by atoms with Crippen LogP contribution in [0.2, 0.25) is 5.02 Å². The minimum absolute atomic E-state index is 0.742. The summed E-state index contributed by atoms with van der Waals surface area (Å²) < 4.78 is 0. The van der Waals surface area contributed by atoms with E-state index in [0.717, 1.165) is 56.2 Å². The number of hydrogen-bond acceptors (Lipinski definition) is 2. The zero-order valence-corrected chi connectivity index (χ0v) is 15.4. The van der Waals surface area contributed by atoms with Crippen LogP contribution in [0, 0.1) is 5.92 Å². The van der Waals surface area contributed by atoms with E-state index in [0.29, 0.717) is 0 Å². The van der Waals surface area contributed by atoms with Crippen molar-refractivity contribution < 1.29 is 0 Å². The van der Waals surface area contributed by atoms with Crippen LogP contribution in [0.5, 0.6) is 0 Å². The molecule has 0 amide bonds. The van der Waals surface area contributed by atoms with Gasteiger partial charge in [-0.05, 0) is 56.3 Å². The van der Waals surface area contributed by atoms with Gasteiger partial charge in [0.1, 0.15) is 0 Å². The lowest BCUT2D eigenvalue weighted by Crippen LogP contribution is -2.43. The molecule has 0 saturated carbocycles. The van der Waals surface area contributed by atoms with E-state index in [1.54, 1.807) is 0 Å². The molecular weight excluding hydrogens is 320 g/mol. The van der Waals surface area contributed by atoms with E-state index < -0.39 is 0 Å². The molecule has 2 fully saturated rings. The molecular formula is C19H29ClN4. The monoisotopic (exact) mass is 348 g/mol. The lowest BCUT2D eigenvalue weighted by Gasteiger charge is -2.33. The van der Waals surface area contributed by atoms with Gasteiger partial charge in [0, 0.05) is 38.2 Å². The van der Waals surface area contributed by atoms with Crippen LogP contribution in [-0.4, -0.2) is 55.5 Å². The van der Waals surface area contributed by atoms with Gasteiger partial charge in [-0.1, -0.05) is 29.8 Å². The van der Waals surface area contributed by atoms with Gasteiger partial charge in [-0.15, -0.1) is 0 Å². The Hall–Kier alpha value is -1.26. The summed E-state index contributed by atoms with van der Waals surface area (Å²) in [4.78, 5) is 9.34. The normalized spacial score (nSPS) is 20.6. The number of hydrogen-bond donors (Lipinski definition) is 1. The Morgan fingerprint density at radius 2 is 1.88 bits per heavy atom. The first kappa shape index (κ1) is 17.6. The second kappa shape index (κ2) is 8.72. The van der Waals surface area contributed by atoms with E-state index in [1.807, 2.05) is 19.2 Å². The molecule has 24 heavy (non-hydrogen) atoms. The first-order valence-electron chi connectivity index (χ1n) is 9.17. The molecule has 0 aromatic heterocycles. The van der Waals surface area contributed by atoms with Crippen molar-refractivity contribution in [1.82, 2.24) is 15.1 Å². The van der Waals surface area contributed by atoms with E-state index in [4.69, 9.17) is 11.6 Å². The van der Waals surface area contributed by atoms with Crippen LogP contribution >= 0.6 is 11.6 Å². The Labute approximate surface area is 150 Å². The van der Waals surface area contributed by atoms with Crippen LogP contribution in [0.25, 0.3) is 0 Å². The average molecular weight is 349 g/mol. The number of nitrogens with one attached hydrogen (secondary N) is 1. The zero-order valence-electron chi connectivity index (χ0n) is 14.7. The highest BCUT2D eigenvalue weighted by molar-refractivity contribution is 6.31. The van der Waals surface area contributed by atoms with Crippen molar-refractivity contribution in [3.05, 3.63) is 34.9 Å². The van der Waals surface area contributed by atoms with Crippen molar-refractivity contribution in [1.29, 1.82) is 0 Å². The van der Waals surface area contributed by atoms with Gasteiger partial charge in [-0.2, -0.15) is 0 Å². The quantitative estimate of drug-likeness (QED) is 0.669. The highest BCUT2D eigenvalue weighted by atomic mass is 35.5. The molecule has 0 bridgehead atoms. The molecule has 2 heterocycles. The van der Waals surface area contributed by atoms with Crippen molar-refractivity contribution >= 4 is 17.6 Å². The van der Waals surface area contributed by atoms with Gasteiger partial charge in [0.05, 0.1) is 0 Å². The first-order valence-corrected chi connectivity index (χ1v) is 9.55. The number of guanidine groups is 1. The second-order valence-electron chi connectivity index (χ2n) is 6.93. The fourth-order valence-electron chi connectivity index (χ4n) is 3.71. The Bertz CT molecular complexity index is 546. The van der Waals surface area contributed by atoms with Crippen LogP contribution in [-0.2, 0) is 6.54 Å². The maximum absolute atomic E-state index is 6.28. The number of nitrogens with zero attached hydrogens (tertiary/aromatic N) is 3. The van der Waals surface area contributed by atoms with Crippen molar-refractivity contribution in [3.63, 3.8) is 0 Å². The molecule has 2 aliphatic heterocycles. The summed E-state index contributed by atoms with van der Waals surface area (Å²) in [5, 5.41) is 4.48. The fraction of sp³-hybridized carbons (Fsp3) is 0.632. The Kier molecular flexibility index (Phi) is 6.38. The number of rotatable bonds is 4. The Morgan fingerprint density at radius 3 is 2.54 bits per heavy atom. The number of benzene rings is 1. The molecule has 0 aliphatic carbocycles. The summed E-state index contributed by atoms with van der Waals surface area (Å²) in [7, 11) is 1.90. The second-order valence-corrected chi connectivity index (χ2v) is 7.34. The third kappa shape index (κ3) is 4.64. The molecule has 2 saturated heterocycles. The van der Waals surface area contributed by atoms with E-state index in [1.165, 1.54) is 31.2 Å². The van der Waals surface area contributed by atoms with Gasteiger partial charge in [-0.25, -0.2) is 0 Å². The van der Waals surface area contributed by atoms with Crippen molar-refractivity contribution in [2.24, 2.45) is 10.9 Å². The molecule has 132 valence electrons. The van der Waals surface area contributed by atoms with Crippen LogP contribution in [0.15, 0.2) is 29.3 Å². The molecule has 1 aromatic carbocycles. The van der Waals surface area contributed by atoms with E-state index in [-0.39, 0.29) is 0 Å². The Morgan fingerprint density at radius 1 is 1.17 bits per heavy atom. The summed E-state index contributed by atoms with van der Waals surface area (Å²) in [6.07, 6.45) is 5.07. The smallest absolute Gasteiger partial charge is 0.193 e. The van der Waals surface area contributed by atoms with E-state index in [9.17, 15) is 0 Å². The summed E-state index contributed by atoms with van der Waals surface area (Å²) >= 11 is 6.28. The molecule has 0 radical (unpaired) electrons. The summed E-state index contributed by atoms with van der Waals surface area (Å²) in [6, 6.07) is 8.19. The average Bonchev–Trinajstić information content (AvgIpc) is 3.13. The third-order valence-corrected chi connectivity index (χ3v) is 5.59. The standard InChI is InChI=1S/C19H29ClN4/c1-21-19(24-10-4-5-11-24)22-14-16-8-12-23(13-9-16)15-17-6-2-3-7-18(17)20/h2-3,6-7,16H,4-5,8-15H2,1H3,(H,21,22). The van der Waals surface area contributed by atoms with Gasteiger partial charge < -0.3 is 10.2 Å². The molecule has 1 aromatic rings. The Balaban J connectivity index is 1.41. The van der Waals surface area contributed by atoms with Gasteiger partial charge in [0.25, 0.3) is 0 Å². The summed E-state index contributed by atoms with van der Waals surface area (Å²) in [6.45, 7) is 6.62. The molecule has 0 spiro atoms.